The van der Waals surface area contributed by atoms with Gasteiger partial charge in [0.25, 0.3) is 0 Å². The first-order chi connectivity index (χ1) is 9.04. The van der Waals surface area contributed by atoms with Crippen LogP contribution in [0.5, 0.6) is 5.75 Å². The zero-order valence-electron chi connectivity index (χ0n) is 12.3. The van der Waals surface area contributed by atoms with E-state index in [-0.39, 0.29) is 11.6 Å². The lowest BCUT2D eigenvalue weighted by molar-refractivity contribution is -0.0898. The van der Waals surface area contributed by atoms with E-state index in [9.17, 15) is 0 Å². The van der Waals surface area contributed by atoms with Gasteiger partial charge in [0.05, 0.1) is 12.7 Å². The third kappa shape index (κ3) is 2.47. The van der Waals surface area contributed by atoms with Gasteiger partial charge in [-0.2, -0.15) is 0 Å². The van der Waals surface area contributed by atoms with Crippen LogP contribution in [-0.4, -0.2) is 30.8 Å². The van der Waals surface area contributed by atoms with E-state index in [0.29, 0.717) is 0 Å². The minimum atomic E-state index is -0.147. The first-order valence-electron chi connectivity index (χ1n) is 6.84. The van der Waals surface area contributed by atoms with Crippen LogP contribution in [0.2, 0.25) is 0 Å². The molecule has 1 atom stereocenters. The quantitative estimate of drug-likeness (QED) is 0.885. The number of rotatable bonds is 5. The standard InChI is InChI=1S/C15H24N2O2/c1-10-9-17-12(11(2)14(10)18-3)8-13(16)15(19-4)6-5-7-15/h9,13H,5-8,16H2,1-4H3. The number of ether oxygens (including phenoxy) is 2. The molecule has 0 bridgehead atoms. The zero-order valence-corrected chi connectivity index (χ0v) is 12.3. The molecule has 1 aromatic rings. The molecule has 0 aliphatic heterocycles. The summed E-state index contributed by atoms with van der Waals surface area (Å²) >= 11 is 0. The van der Waals surface area contributed by atoms with Gasteiger partial charge in [-0.3, -0.25) is 4.98 Å². The number of hydrogen-bond acceptors (Lipinski definition) is 4. The third-order valence-corrected chi connectivity index (χ3v) is 4.45. The maximum Gasteiger partial charge on any atom is 0.128 e. The summed E-state index contributed by atoms with van der Waals surface area (Å²) in [6, 6.07) is -0.00939. The Balaban J connectivity index is 2.19. The first-order valence-corrected chi connectivity index (χ1v) is 6.84. The van der Waals surface area contributed by atoms with E-state index < -0.39 is 0 Å². The first kappa shape index (κ1) is 14.3. The van der Waals surface area contributed by atoms with Gasteiger partial charge in [0, 0.05) is 42.6 Å². The fourth-order valence-electron chi connectivity index (χ4n) is 2.92. The second-order valence-corrected chi connectivity index (χ2v) is 5.48. The van der Waals surface area contributed by atoms with Crippen LogP contribution in [0.3, 0.4) is 0 Å². The summed E-state index contributed by atoms with van der Waals surface area (Å²) in [5.41, 5.74) is 9.36. The van der Waals surface area contributed by atoms with Crippen LogP contribution in [0.4, 0.5) is 0 Å². The van der Waals surface area contributed by atoms with Gasteiger partial charge in [-0.25, -0.2) is 0 Å². The molecule has 1 saturated carbocycles. The molecule has 1 aromatic heterocycles. The molecule has 4 heteroatoms. The number of nitrogens with two attached hydrogens (primary N) is 1. The van der Waals surface area contributed by atoms with E-state index in [1.807, 2.05) is 20.0 Å². The SMILES string of the molecule is COc1c(C)cnc(CC(N)C2(OC)CCC2)c1C. The highest BCUT2D eigenvalue weighted by atomic mass is 16.5. The third-order valence-electron chi connectivity index (χ3n) is 4.45. The smallest absolute Gasteiger partial charge is 0.128 e. The summed E-state index contributed by atoms with van der Waals surface area (Å²) in [6.45, 7) is 4.05. The van der Waals surface area contributed by atoms with Gasteiger partial charge < -0.3 is 15.2 Å². The van der Waals surface area contributed by atoms with Crippen molar-refractivity contribution in [2.45, 2.75) is 51.2 Å². The van der Waals surface area contributed by atoms with Crippen LogP contribution < -0.4 is 10.5 Å². The number of aryl methyl sites for hydroxylation is 1. The Kier molecular flexibility index (Phi) is 4.11. The monoisotopic (exact) mass is 264 g/mol. The average Bonchev–Trinajstić information content (AvgIpc) is 2.33. The van der Waals surface area contributed by atoms with Crippen LogP contribution in [0, 0.1) is 13.8 Å². The van der Waals surface area contributed by atoms with Crippen LogP contribution in [-0.2, 0) is 11.2 Å². The second kappa shape index (κ2) is 5.47. The van der Waals surface area contributed by atoms with Crippen molar-refractivity contribution in [2.24, 2.45) is 5.73 Å². The Hall–Kier alpha value is -1.13. The Labute approximate surface area is 115 Å². The minimum absolute atomic E-state index is 0.00939. The molecule has 1 fully saturated rings. The van der Waals surface area contributed by atoms with Gasteiger partial charge in [-0.05, 0) is 33.1 Å². The Morgan fingerprint density at radius 3 is 2.53 bits per heavy atom. The molecule has 0 amide bonds. The van der Waals surface area contributed by atoms with Gasteiger partial charge in [-0.1, -0.05) is 0 Å². The summed E-state index contributed by atoms with van der Waals surface area (Å²) in [5.74, 6) is 0.914. The number of hydrogen-bond donors (Lipinski definition) is 1. The van der Waals surface area contributed by atoms with Crippen molar-refractivity contribution in [3.05, 3.63) is 23.0 Å². The molecular weight excluding hydrogens is 240 g/mol. The molecule has 106 valence electrons. The molecule has 1 unspecified atom stereocenters. The van der Waals surface area contributed by atoms with Crippen molar-refractivity contribution in [1.82, 2.24) is 4.98 Å². The lowest BCUT2D eigenvalue weighted by atomic mass is 9.73. The highest BCUT2D eigenvalue weighted by molar-refractivity contribution is 5.41. The van der Waals surface area contributed by atoms with Crippen LogP contribution in [0.15, 0.2) is 6.20 Å². The van der Waals surface area contributed by atoms with E-state index in [0.717, 1.165) is 41.8 Å². The molecule has 4 nitrogen and oxygen atoms in total. The molecule has 1 aliphatic rings. The number of pyridine rings is 1. The molecule has 0 radical (unpaired) electrons. The van der Waals surface area contributed by atoms with E-state index in [1.165, 1.54) is 6.42 Å². The number of nitrogens with zero attached hydrogens (tertiary/aromatic N) is 1. The molecular formula is C15H24N2O2. The average molecular weight is 264 g/mol. The van der Waals surface area contributed by atoms with Crippen molar-refractivity contribution < 1.29 is 9.47 Å². The Morgan fingerprint density at radius 2 is 2.05 bits per heavy atom. The predicted molar refractivity (Wildman–Crippen MR) is 75.5 cm³/mol. The predicted octanol–water partition coefficient (Wildman–Crippen LogP) is 2.15. The number of aromatic nitrogens is 1. The van der Waals surface area contributed by atoms with Crippen molar-refractivity contribution in [3.63, 3.8) is 0 Å². The summed E-state index contributed by atoms with van der Waals surface area (Å²) in [6.07, 6.45) is 5.88. The van der Waals surface area contributed by atoms with Crippen LogP contribution in [0.1, 0.15) is 36.1 Å². The van der Waals surface area contributed by atoms with Crippen molar-refractivity contribution >= 4 is 0 Å². The zero-order chi connectivity index (χ0) is 14.0. The number of methoxy groups -OCH3 is 2. The molecule has 2 N–H and O–H groups in total. The Bertz CT molecular complexity index is 450. The summed E-state index contributed by atoms with van der Waals surface area (Å²) in [5, 5.41) is 0. The fourth-order valence-corrected chi connectivity index (χ4v) is 2.92. The Morgan fingerprint density at radius 1 is 1.37 bits per heavy atom. The molecule has 1 heterocycles. The maximum absolute atomic E-state index is 6.35. The van der Waals surface area contributed by atoms with Gasteiger partial charge in [0.1, 0.15) is 5.75 Å². The summed E-state index contributed by atoms with van der Waals surface area (Å²) in [4.78, 5) is 4.52. The van der Waals surface area contributed by atoms with E-state index in [2.05, 4.69) is 4.98 Å². The second-order valence-electron chi connectivity index (χ2n) is 5.48. The van der Waals surface area contributed by atoms with Gasteiger partial charge >= 0.3 is 0 Å². The molecule has 1 aliphatic carbocycles. The molecule has 0 spiro atoms. The highest BCUT2D eigenvalue weighted by Gasteiger charge is 2.42. The normalized spacial score (nSPS) is 18.8. The lowest BCUT2D eigenvalue weighted by Crippen LogP contribution is -2.55. The maximum atomic E-state index is 6.35. The van der Waals surface area contributed by atoms with Crippen molar-refractivity contribution in [2.75, 3.05) is 14.2 Å². The minimum Gasteiger partial charge on any atom is -0.496 e. The van der Waals surface area contributed by atoms with Crippen molar-refractivity contribution in [3.8, 4) is 5.75 Å². The summed E-state index contributed by atoms with van der Waals surface area (Å²) in [7, 11) is 3.46. The fraction of sp³-hybridized carbons (Fsp3) is 0.667. The van der Waals surface area contributed by atoms with E-state index in [4.69, 9.17) is 15.2 Å². The van der Waals surface area contributed by atoms with Gasteiger partial charge in [-0.15, -0.1) is 0 Å². The molecule has 0 aromatic carbocycles. The van der Waals surface area contributed by atoms with E-state index >= 15 is 0 Å². The van der Waals surface area contributed by atoms with Crippen molar-refractivity contribution in [1.29, 1.82) is 0 Å². The lowest BCUT2D eigenvalue weighted by Gasteiger charge is -2.45. The largest absolute Gasteiger partial charge is 0.496 e. The van der Waals surface area contributed by atoms with Crippen LogP contribution in [0.25, 0.3) is 0 Å². The molecule has 19 heavy (non-hydrogen) atoms. The summed E-state index contributed by atoms with van der Waals surface area (Å²) < 4.78 is 11.1. The molecule has 2 rings (SSSR count). The van der Waals surface area contributed by atoms with Gasteiger partial charge in [0.15, 0.2) is 0 Å². The van der Waals surface area contributed by atoms with Gasteiger partial charge in [0.2, 0.25) is 0 Å². The van der Waals surface area contributed by atoms with Crippen LogP contribution >= 0.6 is 0 Å². The topological polar surface area (TPSA) is 57.4 Å². The van der Waals surface area contributed by atoms with E-state index in [1.54, 1.807) is 14.2 Å². The highest BCUT2D eigenvalue weighted by Crippen LogP contribution is 2.38. The molecule has 0 saturated heterocycles.